The van der Waals surface area contributed by atoms with Crippen LogP contribution in [0.4, 0.5) is 5.82 Å². The largest absolute Gasteiger partial charge is 0.393 e. The van der Waals surface area contributed by atoms with Crippen LogP contribution in [0.5, 0.6) is 0 Å². The van der Waals surface area contributed by atoms with E-state index in [2.05, 4.69) is 9.88 Å². The lowest BCUT2D eigenvalue weighted by Crippen LogP contribution is -2.24. The molecule has 16 heavy (non-hydrogen) atoms. The summed E-state index contributed by atoms with van der Waals surface area (Å²) >= 11 is 0. The van der Waals surface area contributed by atoms with Gasteiger partial charge in [0.1, 0.15) is 5.82 Å². The van der Waals surface area contributed by atoms with Gasteiger partial charge in [0, 0.05) is 31.7 Å². The van der Waals surface area contributed by atoms with Crippen molar-refractivity contribution in [1.82, 2.24) is 4.98 Å². The van der Waals surface area contributed by atoms with Crippen molar-refractivity contribution in [1.29, 1.82) is 0 Å². The molecule has 0 spiro atoms. The number of hydrogen-bond acceptors (Lipinski definition) is 4. The van der Waals surface area contributed by atoms with Gasteiger partial charge in [0.2, 0.25) is 0 Å². The molecule has 0 amide bonds. The second kappa shape index (κ2) is 4.80. The molecule has 1 aromatic heterocycles. The molecule has 2 unspecified atom stereocenters. The first kappa shape index (κ1) is 11.4. The standard InChI is InChI=1S/C12H19N3O/c1-9(16)11-3-5-15(8-11)12-6-10(7-13)2-4-14-12/h2,4,6,9,11,16H,3,5,7-8,13H2,1H3. The van der Waals surface area contributed by atoms with Crippen LogP contribution in [-0.4, -0.2) is 29.3 Å². The predicted molar refractivity (Wildman–Crippen MR) is 64.1 cm³/mol. The van der Waals surface area contributed by atoms with Crippen molar-refractivity contribution < 1.29 is 5.11 Å². The summed E-state index contributed by atoms with van der Waals surface area (Å²) in [5, 5.41) is 9.55. The molecule has 3 N–H and O–H groups in total. The van der Waals surface area contributed by atoms with E-state index in [0.717, 1.165) is 30.9 Å². The SMILES string of the molecule is CC(O)C1CCN(c2cc(CN)ccn2)C1. The summed E-state index contributed by atoms with van der Waals surface area (Å²) in [7, 11) is 0. The molecular formula is C12H19N3O. The number of rotatable bonds is 3. The molecule has 0 aliphatic carbocycles. The van der Waals surface area contributed by atoms with E-state index in [1.165, 1.54) is 0 Å². The van der Waals surface area contributed by atoms with Gasteiger partial charge in [0.15, 0.2) is 0 Å². The molecular weight excluding hydrogens is 202 g/mol. The molecule has 1 aliphatic heterocycles. The minimum Gasteiger partial charge on any atom is -0.393 e. The Morgan fingerprint density at radius 2 is 2.50 bits per heavy atom. The lowest BCUT2D eigenvalue weighted by molar-refractivity contribution is 0.136. The second-order valence-electron chi connectivity index (χ2n) is 4.46. The zero-order valence-electron chi connectivity index (χ0n) is 9.63. The van der Waals surface area contributed by atoms with Gasteiger partial charge in [-0.25, -0.2) is 4.98 Å². The summed E-state index contributed by atoms with van der Waals surface area (Å²) in [5.41, 5.74) is 6.71. The highest BCUT2D eigenvalue weighted by Gasteiger charge is 2.26. The van der Waals surface area contributed by atoms with E-state index in [-0.39, 0.29) is 6.10 Å². The van der Waals surface area contributed by atoms with Crippen LogP contribution in [0.3, 0.4) is 0 Å². The molecule has 1 aromatic rings. The average molecular weight is 221 g/mol. The molecule has 88 valence electrons. The third-order valence-corrected chi connectivity index (χ3v) is 3.28. The summed E-state index contributed by atoms with van der Waals surface area (Å²) in [6.45, 7) is 4.26. The molecule has 4 nitrogen and oxygen atoms in total. The Kier molecular flexibility index (Phi) is 3.41. The molecule has 0 aromatic carbocycles. The quantitative estimate of drug-likeness (QED) is 0.790. The highest BCUT2D eigenvalue weighted by atomic mass is 16.3. The molecule has 0 bridgehead atoms. The highest BCUT2D eigenvalue weighted by molar-refractivity contribution is 5.42. The number of aliphatic hydroxyl groups is 1. The van der Waals surface area contributed by atoms with Crippen LogP contribution >= 0.6 is 0 Å². The van der Waals surface area contributed by atoms with Crippen LogP contribution < -0.4 is 10.6 Å². The maximum atomic E-state index is 9.55. The molecule has 2 rings (SSSR count). The third-order valence-electron chi connectivity index (χ3n) is 3.28. The van der Waals surface area contributed by atoms with Gasteiger partial charge in [-0.1, -0.05) is 0 Å². The lowest BCUT2D eigenvalue weighted by atomic mass is 10.0. The Hall–Kier alpha value is -1.13. The van der Waals surface area contributed by atoms with E-state index in [1.54, 1.807) is 6.20 Å². The van der Waals surface area contributed by atoms with Gasteiger partial charge in [0.05, 0.1) is 6.10 Å². The molecule has 0 radical (unpaired) electrons. The summed E-state index contributed by atoms with van der Waals surface area (Å²) in [6.07, 6.45) is 2.60. The van der Waals surface area contributed by atoms with Gasteiger partial charge in [-0.05, 0) is 31.0 Å². The Morgan fingerprint density at radius 3 is 3.12 bits per heavy atom. The molecule has 4 heteroatoms. The normalized spacial score (nSPS) is 22.4. The number of hydrogen-bond donors (Lipinski definition) is 2. The van der Waals surface area contributed by atoms with Crippen LogP contribution in [-0.2, 0) is 6.54 Å². The van der Waals surface area contributed by atoms with Gasteiger partial charge in [0.25, 0.3) is 0 Å². The zero-order chi connectivity index (χ0) is 11.5. The van der Waals surface area contributed by atoms with Crippen LogP contribution in [0.1, 0.15) is 18.9 Å². The fourth-order valence-electron chi connectivity index (χ4n) is 2.15. The summed E-state index contributed by atoms with van der Waals surface area (Å²) in [6, 6.07) is 3.97. The van der Waals surface area contributed by atoms with E-state index < -0.39 is 0 Å². The van der Waals surface area contributed by atoms with Gasteiger partial charge in [-0.2, -0.15) is 0 Å². The van der Waals surface area contributed by atoms with E-state index in [0.29, 0.717) is 12.5 Å². The van der Waals surface area contributed by atoms with Gasteiger partial charge in [-0.15, -0.1) is 0 Å². The average Bonchev–Trinajstić information content (AvgIpc) is 2.78. The zero-order valence-corrected chi connectivity index (χ0v) is 9.63. The predicted octanol–water partition coefficient (Wildman–Crippen LogP) is 0.747. The number of aliphatic hydroxyl groups excluding tert-OH is 1. The molecule has 2 atom stereocenters. The number of anilines is 1. The van der Waals surface area contributed by atoms with Crippen LogP contribution in [0, 0.1) is 5.92 Å². The maximum absolute atomic E-state index is 9.55. The van der Waals surface area contributed by atoms with Crippen LogP contribution in [0.15, 0.2) is 18.3 Å². The van der Waals surface area contributed by atoms with E-state index in [1.807, 2.05) is 19.1 Å². The maximum Gasteiger partial charge on any atom is 0.128 e. The monoisotopic (exact) mass is 221 g/mol. The van der Waals surface area contributed by atoms with Crippen molar-refractivity contribution in [3.8, 4) is 0 Å². The van der Waals surface area contributed by atoms with Crippen LogP contribution in [0.25, 0.3) is 0 Å². The van der Waals surface area contributed by atoms with Crippen molar-refractivity contribution in [2.24, 2.45) is 11.7 Å². The lowest BCUT2D eigenvalue weighted by Gasteiger charge is -2.19. The Labute approximate surface area is 96.1 Å². The van der Waals surface area contributed by atoms with Gasteiger partial charge in [-0.3, -0.25) is 0 Å². The Bertz CT molecular complexity index is 354. The minimum absolute atomic E-state index is 0.234. The molecule has 1 aliphatic rings. The molecule has 0 saturated carbocycles. The van der Waals surface area contributed by atoms with Crippen molar-refractivity contribution in [2.45, 2.75) is 26.0 Å². The first-order chi connectivity index (χ1) is 7.70. The van der Waals surface area contributed by atoms with E-state index in [9.17, 15) is 5.11 Å². The Morgan fingerprint density at radius 1 is 1.69 bits per heavy atom. The molecule has 1 saturated heterocycles. The summed E-state index contributed by atoms with van der Waals surface area (Å²) in [4.78, 5) is 6.57. The Balaban J connectivity index is 2.08. The number of nitrogens with zero attached hydrogens (tertiary/aromatic N) is 2. The van der Waals surface area contributed by atoms with Crippen molar-refractivity contribution in [2.75, 3.05) is 18.0 Å². The van der Waals surface area contributed by atoms with Gasteiger partial charge >= 0.3 is 0 Å². The molecule has 1 fully saturated rings. The third kappa shape index (κ3) is 2.33. The van der Waals surface area contributed by atoms with Crippen molar-refractivity contribution in [3.05, 3.63) is 23.9 Å². The number of pyridine rings is 1. The van der Waals surface area contributed by atoms with Crippen LogP contribution in [0.2, 0.25) is 0 Å². The number of nitrogens with two attached hydrogens (primary N) is 1. The first-order valence-corrected chi connectivity index (χ1v) is 5.78. The number of aromatic nitrogens is 1. The fraction of sp³-hybridized carbons (Fsp3) is 0.583. The van der Waals surface area contributed by atoms with E-state index >= 15 is 0 Å². The van der Waals surface area contributed by atoms with Crippen molar-refractivity contribution >= 4 is 5.82 Å². The summed E-state index contributed by atoms with van der Waals surface area (Å²) in [5.74, 6) is 1.34. The first-order valence-electron chi connectivity index (χ1n) is 5.78. The fourth-order valence-corrected chi connectivity index (χ4v) is 2.15. The second-order valence-corrected chi connectivity index (χ2v) is 4.46. The minimum atomic E-state index is -0.234. The van der Waals surface area contributed by atoms with E-state index in [4.69, 9.17) is 5.73 Å². The molecule has 2 heterocycles. The summed E-state index contributed by atoms with van der Waals surface area (Å²) < 4.78 is 0. The smallest absolute Gasteiger partial charge is 0.128 e. The topological polar surface area (TPSA) is 62.4 Å². The van der Waals surface area contributed by atoms with Crippen molar-refractivity contribution in [3.63, 3.8) is 0 Å². The highest BCUT2D eigenvalue weighted by Crippen LogP contribution is 2.24. The van der Waals surface area contributed by atoms with Gasteiger partial charge < -0.3 is 15.7 Å².